The molecule has 1 amide bonds. The van der Waals surface area contributed by atoms with Crippen LogP contribution >= 0.6 is 0 Å². The first kappa shape index (κ1) is 30.3. The first-order chi connectivity index (χ1) is 19.5. The predicted octanol–water partition coefficient (Wildman–Crippen LogP) is 4.67. The molecular weight excluding hydrogens is 518 g/mol. The van der Waals surface area contributed by atoms with Gasteiger partial charge < -0.3 is 25.4 Å². The van der Waals surface area contributed by atoms with Crippen molar-refractivity contribution in [3.63, 3.8) is 0 Å². The Balaban J connectivity index is 1.56. The van der Waals surface area contributed by atoms with E-state index in [2.05, 4.69) is 5.32 Å². The van der Waals surface area contributed by atoms with E-state index in [0.29, 0.717) is 19.3 Å². The average Bonchev–Trinajstić information content (AvgIpc) is 3.23. The molecule has 218 valence electrons. The number of hydrogen-bond donors (Lipinski definition) is 4. The number of rotatable bonds is 11. The first-order valence-electron chi connectivity index (χ1n) is 14.3. The fourth-order valence-electron chi connectivity index (χ4n) is 5.56. The third-order valence-electron chi connectivity index (χ3n) is 7.55. The average molecular weight is 560 g/mol. The zero-order valence-electron chi connectivity index (χ0n) is 24.0. The zero-order chi connectivity index (χ0) is 29.6. The number of nitrogens with one attached hydrogen (secondary N) is 1. The lowest BCUT2D eigenvalue weighted by Gasteiger charge is -2.29. The molecule has 41 heavy (non-hydrogen) atoms. The van der Waals surface area contributed by atoms with E-state index < -0.39 is 41.7 Å². The van der Waals surface area contributed by atoms with Crippen LogP contribution in [0.15, 0.2) is 78.9 Å². The van der Waals surface area contributed by atoms with Crippen LogP contribution in [0.2, 0.25) is 0 Å². The summed E-state index contributed by atoms with van der Waals surface area (Å²) >= 11 is 0. The molecule has 4 N–H and O–H groups in total. The molecule has 3 aromatic carbocycles. The van der Waals surface area contributed by atoms with E-state index >= 15 is 0 Å². The van der Waals surface area contributed by atoms with Gasteiger partial charge in [-0.1, -0.05) is 66.7 Å². The minimum atomic E-state index is -0.976. The van der Waals surface area contributed by atoms with Crippen molar-refractivity contribution in [3.8, 4) is 5.75 Å². The monoisotopic (exact) mass is 559 g/mol. The second-order valence-corrected chi connectivity index (χ2v) is 12.1. The van der Waals surface area contributed by atoms with Crippen LogP contribution in [0, 0.1) is 11.8 Å². The van der Waals surface area contributed by atoms with Crippen LogP contribution in [-0.2, 0) is 33.6 Å². The maximum absolute atomic E-state index is 13.8. The quantitative estimate of drug-likeness (QED) is 0.254. The van der Waals surface area contributed by atoms with Crippen molar-refractivity contribution in [3.05, 3.63) is 101 Å². The number of hydrogen-bond acceptors (Lipinski definition) is 6. The number of carbonyl (C=O) groups is 2. The van der Waals surface area contributed by atoms with E-state index in [-0.39, 0.29) is 24.5 Å². The Hall–Kier alpha value is -3.68. The van der Waals surface area contributed by atoms with Gasteiger partial charge in [0.15, 0.2) is 0 Å². The smallest absolute Gasteiger partial charge is 0.306 e. The molecule has 0 bridgehead atoms. The molecule has 1 aliphatic carbocycles. The van der Waals surface area contributed by atoms with Gasteiger partial charge in [0.1, 0.15) is 11.4 Å². The van der Waals surface area contributed by atoms with Crippen molar-refractivity contribution >= 4 is 11.9 Å². The second-order valence-electron chi connectivity index (χ2n) is 12.1. The minimum Gasteiger partial charge on any atom is -0.508 e. The molecule has 0 heterocycles. The van der Waals surface area contributed by atoms with Crippen molar-refractivity contribution in [1.82, 2.24) is 5.32 Å². The topological polar surface area (TPSA) is 116 Å². The number of aliphatic hydroxyl groups excluding tert-OH is 2. The van der Waals surface area contributed by atoms with Gasteiger partial charge in [0.05, 0.1) is 24.7 Å². The number of aromatic hydroxyl groups is 1. The van der Waals surface area contributed by atoms with Crippen LogP contribution in [0.5, 0.6) is 5.75 Å². The normalized spacial score (nSPS) is 18.7. The highest BCUT2D eigenvalue weighted by atomic mass is 16.6. The van der Waals surface area contributed by atoms with Gasteiger partial charge in [-0.05, 0) is 80.3 Å². The van der Waals surface area contributed by atoms with E-state index in [0.717, 1.165) is 22.3 Å². The van der Waals surface area contributed by atoms with Gasteiger partial charge in [0.25, 0.3) is 0 Å². The highest BCUT2D eigenvalue weighted by Crippen LogP contribution is 2.32. The fraction of sp³-hybridized carbons (Fsp3) is 0.412. The van der Waals surface area contributed by atoms with Crippen LogP contribution < -0.4 is 5.32 Å². The zero-order valence-corrected chi connectivity index (χ0v) is 24.0. The summed E-state index contributed by atoms with van der Waals surface area (Å²) in [7, 11) is 0. The Morgan fingerprint density at radius 2 is 1.56 bits per heavy atom. The lowest BCUT2D eigenvalue weighted by molar-refractivity contribution is -0.157. The van der Waals surface area contributed by atoms with Gasteiger partial charge in [0.2, 0.25) is 5.91 Å². The third kappa shape index (κ3) is 8.65. The number of phenols is 1. The number of aliphatic hydroxyl groups is 2. The number of amides is 1. The van der Waals surface area contributed by atoms with E-state index in [1.807, 2.05) is 54.6 Å². The van der Waals surface area contributed by atoms with Crippen LogP contribution in [0.4, 0.5) is 0 Å². The fourth-order valence-corrected chi connectivity index (χ4v) is 5.56. The highest BCUT2D eigenvalue weighted by Gasteiger charge is 2.35. The molecule has 1 aliphatic rings. The summed E-state index contributed by atoms with van der Waals surface area (Å²) < 4.78 is 5.57. The molecule has 0 saturated heterocycles. The Morgan fingerprint density at radius 3 is 2.24 bits per heavy atom. The Kier molecular flexibility index (Phi) is 9.84. The molecule has 0 unspecified atom stereocenters. The Bertz CT molecular complexity index is 1300. The van der Waals surface area contributed by atoms with E-state index in [1.54, 1.807) is 45.0 Å². The van der Waals surface area contributed by atoms with Gasteiger partial charge in [-0.25, -0.2) is 0 Å². The van der Waals surface area contributed by atoms with Crippen LogP contribution in [0.1, 0.15) is 61.9 Å². The largest absolute Gasteiger partial charge is 0.508 e. The molecular formula is C34H41NO6. The SMILES string of the molecule is CC(C)(C)OC(=O)C[C@@H](Cc1ccccc1)[C@@H](O)C[C@H](Cc1ccc(O)cc1)C(=O)N[C@H]1c2ccccc2C[C@H]1O. The minimum absolute atomic E-state index is 0.00952. The van der Waals surface area contributed by atoms with E-state index in [9.17, 15) is 24.9 Å². The van der Waals surface area contributed by atoms with Gasteiger partial charge in [-0.2, -0.15) is 0 Å². The predicted molar refractivity (Wildman–Crippen MR) is 157 cm³/mol. The number of phenolic OH excluding ortho intramolecular Hbond substituents is 1. The molecule has 0 spiro atoms. The van der Waals surface area contributed by atoms with E-state index in [1.165, 1.54) is 0 Å². The number of benzene rings is 3. The van der Waals surface area contributed by atoms with Crippen molar-refractivity contribution in [1.29, 1.82) is 0 Å². The van der Waals surface area contributed by atoms with Crippen LogP contribution in [0.3, 0.4) is 0 Å². The maximum atomic E-state index is 13.8. The summed E-state index contributed by atoms with van der Waals surface area (Å²) in [5.41, 5.74) is 3.04. The summed E-state index contributed by atoms with van der Waals surface area (Å²) in [5.74, 6) is -1.68. The lowest BCUT2D eigenvalue weighted by Crippen LogP contribution is -2.41. The molecule has 4 rings (SSSR count). The highest BCUT2D eigenvalue weighted by molar-refractivity contribution is 5.80. The van der Waals surface area contributed by atoms with Gasteiger partial charge in [-0.3, -0.25) is 9.59 Å². The van der Waals surface area contributed by atoms with Crippen molar-refractivity contribution in [2.45, 2.75) is 76.7 Å². The standard InChI is InChI=1S/C34H41NO6/c1-34(2,3)41-31(39)21-25(17-22-9-5-4-6-10-22)29(37)20-26(18-23-13-15-27(36)16-14-23)33(40)35-32-28-12-8-7-11-24(28)19-30(32)38/h4-16,25-26,29-30,32,36-38H,17-21H2,1-3H3,(H,35,40)/t25-,26+,29+,30-,32+/m1/s1. The molecule has 0 aliphatic heterocycles. The Labute approximate surface area is 242 Å². The van der Waals surface area contributed by atoms with Gasteiger partial charge in [-0.15, -0.1) is 0 Å². The molecule has 5 atom stereocenters. The molecule has 7 heteroatoms. The summed E-state index contributed by atoms with van der Waals surface area (Å²) in [6, 6.07) is 23.4. The number of carbonyl (C=O) groups excluding carboxylic acids is 2. The van der Waals surface area contributed by atoms with Crippen molar-refractivity contribution < 1.29 is 29.6 Å². The first-order valence-corrected chi connectivity index (χ1v) is 14.3. The number of ether oxygens (including phenoxy) is 1. The summed E-state index contributed by atoms with van der Waals surface area (Å²) in [6.07, 6.45) is -0.374. The summed E-state index contributed by atoms with van der Waals surface area (Å²) in [6.45, 7) is 5.42. The molecule has 7 nitrogen and oxygen atoms in total. The molecule has 0 radical (unpaired) electrons. The van der Waals surface area contributed by atoms with Crippen LogP contribution in [-0.4, -0.2) is 45.0 Å². The van der Waals surface area contributed by atoms with E-state index in [4.69, 9.17) is 4.74 Å². The van der Waals surface area contributed by atoms with Crippen molar-refractivity contribution in [2.24, 2.45) is 11.8 Å². The molecule has 0 fully saturated rings. The molecule has 0 saturated carbocycles. The third-order valence-corrected chi connectivity index (χ3v) is 7.55. The summed E-state index contributed by atoms with van der Waals surface area (Å²) in [5, 5.41) is 35.1. The van der Waals surface area contributed by atoms with Crippen LogP contribution in [0.25, 0.3) is 0 Å². The number of fused-ring (bicyclic) bond motifs is 1. The Morgan fingerprint density at radius 1 is 0.927 bits per heavy atom. The molecule has 0 aromatic heterocycles. The number of esters is 1. The van der Waals surface area contributed by atoms with Crippen molar-refractivity contribution in [2.75, 3.05) is 0 Å². The molecule has 3 aromatic rings. The second kappa shape index (κ2) is 13.3. The lowest BCUT2D eigenvalue weighted by atomic mass is 9.83. The van der Waals surface area contributed by atoms with Gasteiger partial charge >= 0.3 is 5.97 Å². The summed E-state index contributed by atoms with van der Waals surface area (Å²) in [4.78, 5) is 26.6. The van der Waals surface area contributed by atoms with Gasteiger partial charge in [0, 0.05) is 12.3 Å². The maximum Gasteiger partial charge on any atom is 0.306 e.